The highest BCUT2D eigenvalue weighted by Crippen LogP contribution is 2.27. The van der Waals surface area contributed by atoms with Crippen LogP contribution >= 0.6 is 0 Å². The van der Waals surface area contributed by atoms with Gasteiger partial charge in [0, 0.05) is 18.4 Å². The van der Waals surface area contributed by atoms with Gasteiger partial charge in [0.2, 0.25) is 11.8 Å². The highest BCUT2D eigenvalue weighted by Gasteiger charge is 2.25. The number of Topliss-reactive ketones (excluding diaryl/α,β-unsaturated/α-hetero) is 1. The molecule has 0 atom stereocenters. The molecule has 0 fully saturated rings. The van der Waals surface area contributed by atoms with Crippen LogP contribution in [-0.2, 0) is 9.53 Å². The van der Waals surface area contributed by atoms with Crippen molar-refractivity contribution in [3.05, 3.63) is 52.8 Å². The van der Waals surface area contributed by atoms with Gasteiger partial charge >= 0.3 is 5.97 Å². The molecule has 0 radical (unpaired) electrons. The number of methoxy groups -OCH3 is 1. The van der Waals surface area contributed by atoms with E-state index in [9.17, 15) is 19.6 Å². The fraction of sp³-hybridized carbons (Fsp3) is 0.263. The highest BCUT2D eigenvalue weighted by atomic mass is 16.5. The quantitative estimate of drug-likeness (QED) is 0.604. The summed E-state index contributed by atoms with van der Waals surface area (Å²) in [7, 11) is 1.19. The Morgan fingerprint density at radius 3 is 2.50 bits per heavy atom. The van der Waals surface area contributed by atoms with Crippen molar-refractivity contribution in [3.8, 4) is 6.07 Å². The summed E-state index contributed by atoms with van der Waals surface area (Å²) in [6, 6.07) is 10.7. The molecule has 0 bridgehead atoms. The van der Waals surface area contributed by atoms with Crippen LogP contribution in [0.25, 0.3) is 0 Å². The molecule has 0 unspecified atom stereocenters. The molecule has 0 spiro atoms. The van der Waals surface area contributed by atoms with Crippen LogP contribution in [0.4, 0.5) is 5.88 Å². The summed E-state index contributed by atoms with van der Waals surface area (Å²) < 4.78 is 9.92. The number of aryl methyl sites for hydroxylation is 1. The van der Waals surface area contributed by atoms with Crippen LogP contribution in [0.5, 0.6) is 0 Å². The number of hydrogen-bond donors (Lipinski definition) is 1. The lowest BCUT2D eigenvalue weighted by Crippen LogP contribution is -2.13. The minimum absolute atomic E-state index is 0.00967. The van der Waals surface area contributed by atoms with Gasteiger partial charge in [-0.3, -0.25) is 14.9 Å². The molecule has 26 heavy (non-hydrogen) atoms. The van der Waals surface area contributed by atoms with Crippen molar-refractivity contribution in [1.29, 1.82) is 5.26 Å². The summed E-state index contributed by atoms with van der Waals surface area (Å²) in [5.41, 5.74) is 0.511. The number of esters is 1. The minimum atomic E-state index is -0.711. The van der Waals surface area contributed by atoms with E-state index in [1.54, 1.807) is 24.3 Å². The number of carbonyl (C=O) groups is 3. The average molecular weight is 354 g/mol. The zero-order chi connectivity index (χ0) is 19.1. The Bertz CT molecular complexity index is 862. The van der Waals surface area contributed by atoms with Crippen LogP contribution in [0, 0.1) is 18.3 Å². The lowest BCUT2D eigenvalue weighted by Gasteiger charge is -2.03. The Hall–Kier alpha value is -3.40. The lowest BCUT2D eigenvalue weighted by atomic mass is 10.1. The number of anilines is 1. The number of carbonyl (C=O) groups excluding carboxylic acids is 3. The molecule has 0 aliphatic heterocycles. The van der Waals surface area contributed by atoms with Crippen LogP contribution in [0.15, 0.2) is 34.7 Å². The van der Waals surface area contributed by atoms with Gasteiger partial charge in [-0.25, -0.2) is 4.79 Å². The normalized spacial score (nSPS) is 10.0. The SMILES string of the molecule is COC(=O)c1c(C)oc(NC(=O)CCCC(=O)c2ccccc2)c1C#N. The van der Waals surface area contributed by atoms with Gasteiger partial charge in [-0.1, -0.05) is 30.3 Å². The fourth-order valence-electron chi connectivity index (χ4n) is 2.45. The number of furan rings is 1. The van der Waals surface area contributed by atoms with Gasteiger partial charge < -0.3 is 9.15 Å². The Labute approximate surface area is 150 Å². The van der Waals surface area contributed by atoms with Crippen molar-refractivity contribution >= 4 is 23.5 Å². The molecule has 2 aromatic rings. The van der Waals surface area contributed by atoms with Crippen LogP contribution in [-0.4, -0.2) is 24.8 Å². The predicted octanol–water partition coefficient (Wildman–Crippen LogP) is 3.24. The smallest absolute Gasteiger partial charge is 0.342 e. The second-order valence-corrected chi connectivity index (χ2v) is 5.53. The summed E-state index contributed by atoms with van der Waals surface area (Å²) in [5.74, 6) is -1.07. The Morgan fingerprint density at radius 1 is 1.19 bits per heavy atom. The van der Waals surface area contributed by atoms with E-state index in [4.69, 9.17) is 4.42 Å². The standard InChI is InChI=1S/C19H18N2O5/c1-12-17(19(24)25-2)14(11-20)18(26-12)21-16(23)10-6-9-15(22)13-7-4-3-5-8-13/h3-5,7-8H,6,9-10H2,1-2H3,(H,21,23). The number of hydrogen-bond acceptors (Lipinski definition) is 6. The molecule has 0 saturated heterocycles. The van der Waals surface area contributed by atoms with E-state index in [1.165, 1.54) is 14.0 Å². The highest BCUT2D eigenvalue weighted by molar-refractivity contribution is 5.99. The van der Waals surface area contributed by atoms with Crippen molar-refractivity contribution in [1.82, 2.24) is 0 Å². The van der Waals surface area contributed by atoms with Gasteiger partial charge in [0.15, 0.2) is 5.78 Å². The molecule has 1 aromatic carbocycles. The maximum Gasteiger partial charge on any atom is 0.342 e. The summed E-state index contributed by atoms with van der Waals surface area (Å²) in [6.45, 7) is 1.50. The Morgan fingerprint density at radius 2 is 1.88 bits per heavy atom. The first-order chi connectivity index (χ1) is 12.5. The molecule has 7 nitrogen and oxygen atoms in total. The first-order valence-electron chi connectivity index (χ1n) is 7.97. The molecular weight excluding hydrogens is 336 g/mol. The molecule has 2 rings (SSSR count). The molecule has 134 valence electrons. The molecule has 1 N–H and O–H groups in total. The minimum Gasteiger partial charge on any atom is -0.465 e. The molecule has 1 heterocycles. The zero-order valence-electron chi connectivity index (χ0n) is 14.5. The summed E-state index contributed by atoms with van der Waals surface area (Å²) in [6.07, 6.45) is 0.662. The third-order valence-corrected chi connectivity index (χ3v) is 3.74. The van der Waals surface area contributed by atoms with Gasteiger partial charge in [-0.2, -0.15) is 5.26 Å². The van der Waals surface area contributed by atoms with Crippen molar-refractivity contribution in [3.63, 3.8) is 0 Å². The molecule has 0 saturated carbocycles. The van der Waals surface area contributed by atoms with Gasteiger partial charge in [-0.15, -0.1) is 0 Å². The third-order valence-electron chi connectivity index (χ3n) is 3.74. The second kappa shape index (κ2) is 8.62. The second-order valence-electron chi connectivity index (χ2n) is 5.53. The van der Waals surface area contributed by atoms with Crippen molar-refractivity contribution < 1.29 is 23.5 Å². The van der Waals surface area contributed by atoms with E-state index in [0.29, 0.717) is 12.0 Å². The van der Waals surface area contributed by atoms with Crippen LogP contribution in [0.2, 0.25) is 0 Å². The molecule has 1 amide bonds. The molecule has 0 aliphatic rings. The maximum absolute atomic E-state index is 12.1. The summed E-state index contributed by atoms with van der Waals surface area (Å²) in [5, 5.41) is 11.7. The average Bonchev–Trinajstić information content (AvgIpc) is 2.96. The van der Waals surface area contributed by atoms with E-state index in [1.807, 2.05) is 12.1 Å². The van der Waals surface area contributed by atoms with Crippen molar-refractivity contribution in [2.75, 3.05) is 12.4 Å². The van der Waals surface area contributed by atoms with Gasteiger partial charge in [0.1, 0.15) is 23.0 Å². The lowest BCUT2D eigenvalue weighted by molar-refractivity contribution is -0.116. The van der Waals surface area contributed by atoms with E-state index >= 15 is 0 Å². The maximum atomic E-state index is 12.1. The third kappa shape index (κ3) is 4.36. The van der Waals surface area contributed by atoms with Gasteiger partial charge in [-0.05, 0) is 13.3 Å². The molecule has 0 aliphatic carbocycles. The Kier molecular flexibility index (Phi) is 6.28. The number of rotatable bonds is 7. The number of nitrogens with zero attached hydrogens (tertiary/aromatic N) is 1. The predicted molar refractivity (Wildman–Crippen MR) is 92.8 cm³/mol. The summed E-state index contributed by atoms with van der Waals surface area (Å²) >= 11 is 0. The number of ether oxygens (including phenoxy) is 1. The van der Waals surface area contributed by atoms with Crippen molar-refractivity contribution in [2.45, 2.75) is 26.2 Å². The first-order valence-corrected chi connectivity index (χ1v) is 7.97. The molecule has 1 aromatic heterocycles. The monoisotopic (exact) mass is 354 g/mol. The van der Waals surface area contributed by atoms with Crippen molar-refractivity contribution in [2.24, 2.45) is 0 Å². The summed E-state index contributed by atoms with van der Waals surface area (Å²) in [4.78, 5) is 35.8. The fourth-order valence-corrected chi connectivity index (χ4v) is 2.45. The number of nitriles is 1. The number of nitrogens with one attached hydrogen (secondary N) is 1. The van der Waals surface area contributed by atoms with Gasteiger partial charge in [0.05, 0.1) is 7.11 Å². The topological polar surface area (TPSA) is 109 Å². The number of ketones is 1. The van der Waals surface area contributed by atoms with E-state index < -0.39 is 11.9 Å². The van der Waals surface area contributed by atoms with Crippen LogP contribution in [0.1, 0.15) is 51.3 Å². The first kappa shape index (κ1) is 18.9. The van der Waals surface area contributed by atoms with E-state index in [0.717, 1.165) is 0 Å². The number of benzene rings is 1. The van der Waals surface area contributed by atoms with Crippen LogP contribution < -0.4 is 5.32 Å². The molecular formula is C19H18N2O5. The largest absolute Gasteiger partial charge is 0.465 e. The van der Waals surface area contributed by atoms with Gasteiger partial charge in [0.25, 0.3) is 0 Å². The molecule has 7 heteroatoms. The van der Waals surface area contributed by atoms with Crippen LogP contribution in [0.3, 0.4) is 0 Å². The zero-order valence-corrected chi connectivity index (χ0v) is 14.5. The Balaban J connectivity index is 1.95. The van der Waals surface area contributed by atoms with E-state index in [2.05, 4.69) is 10.1 Å². The van der Waals surface area contributed by atoms with E-state index in [-0.39, 0.29) is 41.4 Å². The number of amides is 1.